The molecule has 2 aromatic rings. The van der Waals surface area contributed by atoms with Crippen LogP contribution in [0.4, 0.5) is 0 Å². The molecular formula is C18H18ClNO2. The molecule has 0 saturated heterocycles. The Morgan fingerprint density at radius 1 is 1.23 bits per heavy atom. The number of hydrogen-bond acceptors (Lipinski definition) is 2. The van der Waals surface area contributed by atoms with Gasteiger partial charge in [0.25, 0.3) is 0 Å². The zero-order chi connectivity index (χ0) is 15.1. The summed E-state index contributed by atoms with van der Waals surface area (Å²) in [5.74, 6) is 1.94. The van der Waals surface area contributed by atoms with Crippen LogP contribution in [-0.2, 0) is 4.79 Å². The third-order valence-electron chi connectivity index (χ3n) is 4.66. The van der Waals surface area contributed by atoms with Gasteiger partial charge < -0.3 is 9.73 Å². The lowest BCUT2D eigenvalue weighted by Crippen LogP contribution is -2.31. The van der Waals surface area contributed by atoms with Gasteiger partial charge in [-0.3, -0.25) is 4.79 Å². The van der Waals surface area contributed by atoms with Crippen molar-refractivity contribution in [3.63, 3.8) is 0 Å². The number of amides is 1. The molecule has 0 aliphatic heterocycles. The summed E-state index contributed by atoms with van der Waals surface area (Å²) in [7, 11) is 0. The number of benzene rings is 1. The molecule has 2 fully saturated rings. The van der Waals surface area contributed by atoms with Crippen LogP contribution in [0.2, 0.25) is 5.02 Å². The normalized spacial score (nSPS) is 24.8. The second kappa shape index (κ2) is 5.47. The summed E-state index contributed by atoms with van der Waals surface area (Å²) in [4.78, 5) is 12.5. The molecule has 2 saturated carbocycles. The van der Waals surface area contributed by atoms with Gasteiger partial charge in [0.15, 0.2) is 0 Å². The van der Waals surface area contributed by atoms with Crippen LogP contribution in [0.25, 0.3) is 0 Å². The van der Waals surface area contributed by atoms with Gasteiger partial charge in [-0.1, -0.05) is 23.7 Å². The molecule has 1 aromatic carbocycles. The Kier molecular flexibility index (Phi) is 3.45. The summed E-state index contributed by atoms with van der Waals surface area (Å²) in [5.41, 5.74) is 1.15. The minimum absolute atomic E-state index is 0.0553. The SMILES string of the molecule is O=C(NC(c1ccc(Cl)cc1)C1CC1)C1CC1c1ccco1. The van der Waals surface area contributed by atoms with Crippen LogP contribution in [-0.4, -0.2) is 5.91 Å². The van der Waals surface area contributed by atoms with Gasteiger partial charge in [0.2, 0.25) is 5.91 Å². The molecule has 4 rings (SSSR count). The van der Waals surface area contributed by atoms with Gasteiger partial charge in [-0.05, 0) is 55.0 Å². The van der Waals surface area contributed by atoms with E-state index in [4.69, 9.17) is 16.0 Å². The fraction of sp³-hybridized carbons (Fsp3) is 0.389. The van der Waals surface area contributed by atoms with E-state index in [1.54, 1.807) is 6.26 Å². The van der Waals surface area contributed by atoms with Gasteiger partial charge in [0, 0.05) is 16.9 Å². The Labute approximate surface area is 134 Å². The van der Waals surface area contributed by atoms with Crippen molar-refractivity contribution in [2.24, 2.45) is 11.8 Å². The van der Waals surface area contributed by atoms with Gasteiger partial charge in [0.1, 0.15) is 5.76 Å². The number of carbonyl (C=O) groups excluding carboxylic acids is 1. The van der Waals surface area contributed by atoms with Crippen LogP contribution < -0.4 is 5.32 Å². The Morgan fingerprint density at radius 3 is 2.64 bits per heavy atom. The zero-order valence-corrected chi connectivity index (χ0v) is 12.9. The molecule has 3 atom stereocenters. The number of halogens is 1. The lowest BCUT2D eigenvalue weighted by Gasteiger charge is -2.19. The summed E-state index contributed by atoms with van der Waals surface area (Å²) in [5, 5.41) is 3.97. The molecule has 1 aromatic heterocycles. The van der Waals surface area contributed by atoms with E-state index >= 15 is 0 Å². The lowest BCUT2D eigenvalue weighted by molar-refractivity contribution is -0.123. The van der Waals surface area contributed by atoms with E-state index in [-0.39, 0.29) is 23.8 Å². The van der Waals surface area contributed by atoms with Gasteiger partial charge in [-0.2, -0.15) is 0 Å². The van der Waals surface area contributed by atoms with Gasteiger partial charge in [0.05, 0.1) is 12.3 Å². The highest BCUT2D eigenvalue weighted by molar-refractivity contribution is 6.30. The van der Waals surface area contributed by atoms with E-state index in [0.717, 1.165) is 22.8 Å². The Bertz CT molecular complexity index is 661. The highest BCUT2D eigenvalue weighted by Gasteiger charge is 2.47. The van der Waals surface area contributed by atoms with Gasteiger partial charge in [-0.15, -0.1) is 0 Å². The number of furan rings is 1. The Morgan fingerprint density at radius 2 is 2.00 bits per heavy atom. The first-order chi connectivity index (χ1) is 10.7. The van der Waals surface area contributed by atoms with Crippen LogP contribution >= 0.6 is 11.6 Å². The molecule has 0 spiro atoms. The quantitative estimate of drug-likeness (QED) is 0.893. The molecule has 3 unspecified atom stereocenters. The Balaban J connectivity index is 1.44. The molecule has 1 heterocycles. The molecule has 4 heteroatoms. The molecule has 0 radical (unpaired) electrons. The van der Waals surface area contributed by atoms with E-state index in [9.17, 15) is 4.79 Å². The van der Waals surface area contributed by atoms with Crippen molar-refractivity contribution in [3.05, 3.63) is 59.0 Å². The van der Waals surface area contributed by atoms with Crippen molar-refractivity contribution < 1.29 is 9.21 Å². The topological polar surface area (TPSA) is 42.2 Å². The number of hydrogen-bond donors (Lipinski definition) is 1. The highest BCUT2D eigenvalue weighted by atomic mass is 35.5. The van der Waals surface area contributed by atoms with Crippen LogP contribution in [0.5, 0.6) is 0 Å². The molecule has 114 valence electrons. The number of nitrogens with one attached hydrogen (secondary N) is 1. The lowest BCUT2D eigenvalue weighted by atomic mass is 10.0. The third kappa shape index (κ3) is 2.78. The van der Waals surface area contributed by atoms with Crippen LogP contribution in [0.15, 0.2) is 47.1 Å². The van der Waals surface area contributed by atoms with Crippen LogP contribution in [0, 0.1) is 11.8 Å². The van der Waals surface area contributed by atoms with Crippen molar-refractivity contribution in [1.29, 1.82) is 0 Å². The van der Waals surface area contributed by atoms with Crippen molar-refractivity contribution in [2.45, 2.75) is 31.2 Å². The maximum absolute atomic E-state index is 12.5. The van der Waals surface area contributed by atoms with E-state index in [2.05, 4.69) is 5.32 Å². The second-order valence-corrected chi connectivity index (χ2v) is 6.78. The Hall–Kier alpha value is -1.74. The largest absolute Gasteiger partial charge is 0.469 e. The van der Waals surface area contributed by atoms with Crippen LogP contribution in [0.1, 0.15) is 42.5 Å². The maximum atomic E-state index is 12.5. The molecule has 1 N–H and O–H groups in total. The number of carbonyl (C=O) groups is 1. The minimum atomic E-state index is 0.0553. The predicted molar refractivity (Wildman–Crippen MR) is 84.6 cm³/mol. The average Bonchev–Trinajstić information content (AvgIpc) is 3.45. The summed E-state index contributed by atoms with van der Waals surface area (Å²) < 4.78 is 5.41. The first-order valence-electron chi connectivity index (χ1n) is 7.81. The van der Waals surface area contributed by atoms with E-state index in [1.165, 1.54) is 12.8 Å². The predicted octanol–water partition coefficient (Wildman–Crippen LogP) is 4.30. The molecule has 2 aliphatic carbocycles. The van der Waals surface area contributed by atoms with Crippen molar-refractivity contribution in [2.75, 3.05) is 0 Å². The van der Waals surface area contributed by atoms with E-state index in [1.807, 2.05) is 36.4 Å². The molecular weight excluding hydrogens is 298 g/mol. The highest BCUT2D eigenvalue weighted by Crippen LogP contribution is 2.49. The molecule has 22 heavy (non-hydrogen) atoms. The van der Waals surface area contributed by atoms with Gasteiger partial charge in [-0.25, -0.2) is 0 Å². The first kappa shape index (κ1) is 13.9. The van der Waals surface area contributed by atoms with Crippen LogP contribution in [0.3, 0.4) is 0 Å². The third-order valence-corrected chi connectivity index (χ3v) is 4.91. The maximum Gasteiger partial charge on any atom is 0.224 e. The average molecular weight is 316 g/mol. The molecule has 0 bridgehead atoms. The minimum Gasteiger partial charge on any atom is -0.469 e. The van der Waals surface area contributed by atoms with Crippen molar-refractivity contribution in [3.8, 4) is 0 Å². The number of rotatable bonds is 5. The second-order valence-electron chi connectivity index (χ2n) is 6.34. The summed E-state index contributed by atoms with van der Waals surface area (Å²) >= 11 is 5.96. The van der Waals surface area contributed by atoms with E-state index < -0.39 is 0 Å². The molecule has 3 nitrogen and oxygen atoms in total. The monoisotopic (exact) mass is 315 g/mol. The van der Waals surface area contributed by atoms with Crippen molar-refractivity contribution >= 4 is 17.5 Å². The molecule has 2 aliphatic rings. The summed E-state index contributed by atoms with van der Waals surface area (Å²) in [6.45, 7) is 0. The standard InChI is InChI=1S/C18H18ClNO2/c19-13-7-5-12(6-8-13)17(11-3-4-11)20-18(21)15-10-14(15)16-2-1-9-22-16/h1-2,5-9,11,14-15,17H,3-4,10H2,(H,20,21). The van der Waals surface area contributed by atoms with Gasteiger partial charge >= 0.3 is 0 Å². The smallest absolute Gasteiger partial charge is 0.224 e. The summed E-state index contributed by atoms with van der Waals surface area (Å²) in [6, 6.07) is 11.8. The van der Waals surface area contributed by atoms with E-state index in [0.29, 0.717) is 5.92 Å². The fourth-order valence-electron chi connectivity index (χ4n) is 3.13. The van der Waals surface area contributed by atoms with Crippen molar-refractivity contribution in [1.82, 2.24) is 5.32 Å². The first-order valence-corrected chi connectivity index (χ1v) is 8.19. The fourth-order valence-corrected chi connectivity index (χ4v) is 3.26. The zero-order valence-electron chi connectivity index (χ0n) is 12.2. The summed E-state index contributed by atoms with van der Waals surface area (Å²) in [6.07, 6.45) is 4.92. The molecule has 1 amide bonds.